The van der Waals surface area contributed by atoms with Crippen molar-refractivity contribution in [3.8, 4) is 0 Å². The number of anilines is 1. The molecule has 0 atom stereocenters. The van der Waals surface area contributed by atoms with Crippen LogP contribution in [0.4, 0.5) is 18.9 Å². The van der Waals surface area contributed by atoms with Crippen molar-refractivity contribution in [2.24, 2.45) is 5.41 Å². The van der Waals surface area contributed by atoms with E-state index in [1.165, 1.54) is 6.07 Å². The summed E-state index contributed by atoms with van der Waals surface area (Å²) in [5.74, 6) is 0. The third-order valence-corrected chi connectivity index (χ3v) is 4.01. The molecule has 5 heteroatoms. The average Bonchev–Trinajstić information content (AvgIpc) is 2.75. The van der Waals surface area contributed by atoms with Crippen LogP contribution in [0, 0.1) is 5.41 Å². The quantitative estimate of drug-likeness (QED) is 0.902. The van der Waals surface area contributed by atoms with Crippen LogP contribution in [0.1, 0.15) is 38.3 Å². The molecule has 1 aromatic rings. The number of hydrogen-bond acceptors (Lipinski definition) is 2. The molecule has 0 bridgehead atoms. The predicted octanol–water partition coefficient (Wildman–Crippen LogP) is 4.05. The summed E-state index contributed by atoms with van der Waals surface area (Å²) in [6.07, 6.45) is -3.30. The lowest BCUT2D eigenvalue weighted by atomic mass is 9.93. The summed E-state index contributed by atoms with van der Waals surface area (Å²) in [6, 6.07) is 4.71. The maximum atomic E-state index is 13.2. The highest BCUT2D eigenvalue weighted by atomic mass is 19.4. The van der Waals surface area contributed by atoms with Gasteiger partial charge >= 0.3 is 6.18 Å². The number of benzene rings is 1. The normalized spacial score (nSPS) is 18.3. The number of nitrogens with zero attached hydrogens (tertiary/aromatic N) is 1. The van der Waals surface area contributed by atoms with Gasteiger partial charge in [-0.15, -0.1) is 0 Å². The first-order chi connectivity index (χ1) is 9.73. The van der Waals surface area contributed by atoms with Gasteiger partial charge in [0.15, 0.2) is 0 Å². The van der Waals surface area contributed by atoms with Gasteiger partial charge in [0.1, 0.15) is 0 Å². The average molecular weight is 300 g/mol. The Labute approximate surface area is 124 Å². The SMILES string of the molecule is CCNCc1ccc(N2CCC(C)(C)C2)cc1C(F)(F)F. The summed E-state index contributed by atoms with van der Waals surface area (Å²) in [5, 5.41) is 2.97. The van der Waals surface area contributed by atoms with Crippen LogP contribution in [0.3, 0.4) is 0 Å². The van der Waals surface area contributed by atoms with Crippen molar-refractivity contribution < 1.29 is 13.2 Å². The van der Waals surface area contributed by atoms with Gasteiger partial charge in [0.05, 0.1) is 5.56 Å². The fraction of sp³-hybridized carbons (Fsp3) is 0.625. The molecule has 0 unspecified atom stereocenters. The Kier molecular flexibility index (Phi) is 4.51. The van der Waals surface area contributed by atoms with Crippen LogP contribution >= 0.6 is 0 Å². The van der Waals surface area contributed by atoms with E-state index in [4.69, 9.17) is 0 Å². The minimum atomic E-state index is -4.31. The Balaban J connectivity index is 2.29. The van der Waals surface area contributed by atoms with Gasteiger partial charge in [-0.1, -0.05) is 26.8 Å². The van der Waals surface area contributed by atoms with Gasteiger partial charge in [0.25, 0.3) is 0 Å². The van der Waals surface area contributed by atoms with Crippen LogP contribution in [0.2, 0.25) is 0 Å². The first-order valence-corrected chi connectivity index (χ1v) is 7.39. The Morgan fingerprint density at radius 1 is 1.29 bits per heavy atom. The second-order valence-electron chi connectivity index (χ2n) is 6.46. The van der Waals surface area contributed by atoms with Crippen LogP contribution < -0.4 is 10.2 Å². The van der Waals surface area contributed by atoms with Crippen LogP contribution in [-0.2, 0) is 12.7 Å². The zero-order valence-corrected chi connectivity index (χ0v) is 12.8. The summed E-state index contributed by atoms with van der Waals surface area (Å²) in [4.78, 5) is 2.05. The Bertz CT molecular complexity index is 495. The van der Waals surface area contributed by atoms with E-state index in [-0.39, 0.29) is 12.0 Å². The van der Waals surface area contributed by atoms with E-state index in [0.29, 0.717) is 17.8 Å². The lowest BCUT2D eigenvalue weighted by Gasteiger charge is -2.23. The van der Waals surface area contributed by atoms with Crippen LogP contribution in [0.15, 0.2) is 18.2 Å². The van der Waals surface area contributed by atoms with E-state index >= 15 is 0 Å². The molecule has 0 radical (unpaired) electrons. The number of nitrogens with one attached hydrogen (secondary N) is 1. The Morgan fingerprint density at radius 2 is 2.00 bits per heavy atom. The van der Waals surface area contributed by atoms with Gasteiger partial charge in [-0.25, -0.2) is 0 Å². The molecule has 21 heavy (non-hydrogen) atoms. The summed E-state index contributed by atoms with van der Waals surface area (Å²) >= 11 is 0. The van der Waals surface area contributed by atoms with Crippen LogP contribution in [-0.4, -0.2) is 19.6 Å². The minimum Gasteiger partial charge on any atom is -0.371 e. The lowest BCUT2D eigenvalue weighted by molar-refractivity contribution is -0.138. The zero-order chi connectivity index (χ0) is 15.7. The van der Waals surface area contributed by atoms with Crippen molar-refractivity contribution in [3.63, 3.8) is 0 Å². The zero-order valence-electron chi connectivity index (χ0n) is 12.8. The highest BCUT2D eigenvalue weighted by molar-refractivity contribution is 5.53. The van der Waals surface area contributed by atoms with Crippen LogP contribution in [0.25, 0.3) is 0 Å². The molecule has 0 aromatic heterocycles. The Hall–Kier alpha value is -1.23. The number of rotatable bonds is 4. The number of hydrogen-bond donors (Lipinski definition) is 1. The standard InChI is InChI=1S/C16H23F3N2/c1-4-20-10-12-5-6-13(9-14(12)16(17,18)19)21-8-7-15(2,3)11-21/h5-6,9,20H,4,7-8,10-11H2,1-3H3. The summed E-state index contributed by atoms with van der Waals surface area (Å²) < 4.78 is 39.7. The van der Waals surface area contributed by atoms with Crippen molar-refractivity contribution in [2.45, 2.75) is 39.9 Å². The van der Waals surface area contributed by atoms with E-state index in [9.17, 15) is 13.2 Å². The van der Waals surface area contributed by atoms with Gasteiger partial charge in [0, 0.05) is 25.3 Å². The highest BCUT2D eigenvalue weighted by Crippen LogP contribution is 2.37. The molecule has 1 fully saturated rings. The minimum absolute atomic E-state index is 0.167. The molecule has 0 spiro atoms. The molecule has 1 heterocycles. The van der Waals surface area contributed by atoms with Crippen molar-refractivity contribution in [1.29, 1.82) is 0 Å². The topological polar surface area (TPSA) is 15.3 Å². The molecular formula is C16H23F3N2. The van der Waals surface area contributed by atoms with Crippen molar-refractivity contribution in [2.75, 3.05) is 24.5 Å². The van der Waals surface area contributed by atoms with Gasteiger partial charge in [-0.3, -0.25) is 0 Å². The molecule has 1 N–H and O–H groups in total. The van der Waals surface area contributed by atoms with E-state index < -0.39 is 11.7 Å². The predicted molar refractivity (Wildman–Crippen MR) is 79.4 cm³/mol. The molecule has 1 saturated heterocycles. The molecule has 0 saturated carbocycles. The van der Waals surface area contributed by atoms with Crippen LogP contribution in [0.5, 0.6) is 0 Å². The first-order valence-electron chi connectivity index (χ1n) is 7.39. The highest BCUT2D eigenvalue weighted by Gasteiger charge is 2.35. The Morgan fingerprint density at radius 3 is 2.52 bits per heavy atom. The van der Waals surface area contributed by atoms with Crippen molar-refractivity contribution in [1.82, 2.24) is 5.32 Å². The second-order valence-corrected chi connectivity index (χ2v) is 6.46. The van der Waals surface area contributed by atoms with Crippen molar-refractivity contribution in [3.05, 3.63) is 29.3 Å². The number of alkyl halides is 3. The van der Waals surface area contributed by atoms with Gasteiger partial charge < -0.3 is 10.2 Å². The molecule has 1 aliphatic heterocycles. The molecule has 118 valence electrons. The van der Waals surface area contributed by atoms with E-state index in [1.54, 1.807) is 6.07 Å². The molecular weight excluding hydrogens is 277 g/mol. The molecule has 2 rings (SSSR count). The smallest absolute Gasteiger partial charge is 0.371 e. The fourth-order valence-corrected chi connectivity index (χ4v) is 2.77. The lowest BCUT2D eigenvalue weighted by Crippen LogP contribution is -2.24. The fourth-order valence-electron chi connectivity index (χ4n) is 2.77. The third-order valence-electron chi connectivity index (χ3n) is 4.01. The summed E-state index contributed by atoms with van der Waals surface area (Å²) in [5.41, 5.74) is 0.631. The summed E-state index contributed by atoms with van der Waals surface area (Å²) in [7, 11) is 0. The summed E-state index contributed by atoms with van der Waals surface area (Å²) in [6.45, 7) is 8.70. The van der Waals surface area contributed by atoms with Gasteiger partial charge in [0.2, 0.25) is 0 Å². The van der Waals surface area contributed by atoms with Crippen molar-refractivity contribution >= 4 is 5.69 Å². The third kappa shape index (κ3) is 3.90. The molecule has 1 aromatic carbocycles. The molecule has 0 amide bonds. The molecule has 2 nitrogen and oxygen atoms in total. The van der Waals surface area contributed by atoms with E-state index in [1.807, 2.05) is 17.9 Å². The number of halogens is 3. The maximum Gasteiger partial charge on any atom is 0.416 e. The maximum absolute atomic E-state index is 13.2. The molecule has 0 aliphatic carbocycles. The van der Waals surface area contributed by atoms with Gasteiger partial charge in [-0.05, 0) is 36.1 Å². The first kappa shape index (κ1) is 16.1. The monoisotopic (exact) mass is 300 g/mol. The second kappa shape index (κ2) is 5.87. The largest absolute Gasteiger partial charge is 0.416 e. The molecule has 1 aliphatic rings. The van der Waals surface area contributed by atoms with Gasteiger partial charge in [-0.2, -0.15) is 13.2 Å². The van der Waals surface area contributed by atoms with E-state index in [0.717, 1.165) is 19.5 Å². The van der Waals surface area contributed by atoms with E-state index in [2.05, 4.69) is 19.2 Å².